The molecule has 0 aromatic heterocycles. The lowest BCUT2D eigenvalue weighted by atomic mass is 9.82. The topological polar surface area (TPSA) is 165 Å². The Bertz CT molecular complexity index is 1700. The number of hydrogen-bond acceptors (Lipinski definition) is 9. The summed E-state index contributed by atoms with van der Waals surface area (Å²) in [5, 5.41) is 2.53. The van der Waals surface area contributed by atoms with Gasteiger partial charge >= 0.3 is 12.1 Å². The van der Waals surface area contributed by atoms with Gasteiger partial charge in [-0.05, 0) is 108 Å². The predicted octanol–water partition coefficient (Wildman–Crippen LogP) is 5.67. The SMILES string of the molecule is C[C@H]1CC/C=C\[C@@H]2C[C@@]2(C(=O)NS(=O)(=O)C2(C)CC2)CC(=O)[C@@H]2C[C@@H](OC(=O)Nc3ccc(F)cc3)CN2C(=O)[C@@H](CC(=O)OC(C)(C)C)[C@H](C)C1. The fourth-order valence-electron chi connectivity index (χ4n) is 7.48. The van der Waals surface area contributed by atoms with Gasteiger partial charge in [-0.25, -0.2) is 17.6 Å². The van der Waals surface area contributed by atoms with Crippen LogP contribution in [0.4, 0.5) is 14.9 Å². The van der Waals surface area contributed by atoms with Crippen molar-refractivity contribution < 1.29 is 46.3 Å². The summed E-state index contributed by atoms with van der Waals surface area (Å²) >= 11 is 0. The Balaban J connectivity index is 1.45. The second-order valence-electron chi connectivity index (χ2n) is 16.6. The van der Waals surface area contributed by atoms with E-state index >= 15 is 0 Å². The van der Waals surface area contributed by atoms with Gasteiger partial charge in [0.25, 0.3) is 0 Å². The summed E-state index contributed by atoms with van der Waals surface area (Å²) in [4.78, 5) is 70.2. The minimum atomic E-state index is -3.98. The molecular weight excluding hydrogens is 693 g/mol. The van der Waals surface area contributed by atoms with Crippen molar-refractivity contribution in [3.63, 3.8) is 0 Å². The average Bonchev–Trinajstić information content (AvgIpc) is 3.91. The van der Waals surface area contributed by atoms with Crippen molar-refractivity contribution in [1.29, 1.82) is 0 Å². The van der Waals surface area contributed by atoms with Crippen molar-refractivity contribution in [1.82, 2.24) is 9.62 Å². The van der Waals surface area contributed by atoms with Gasteiger partial charge in [0.1, 0.15) is 17.5 Å². The van der Waals surface area contributed by atoms with E-state index in [1.165, 1.54) is 29.2 Å². The van der Waals surface area contributed by atoms with Crippen molar-refractivity contribution >= 4 is 45.4 Å². The summed E-state index contributed by atoms with van der Waals surface area (Å²) in [5.74, 6) is -4.04. The largest absolute Gasteiger partial charge is 0.460 e. The second-order valence-corrected chi connectivity index (χ2v) is 18.8. The van der Waals surface area contributed by atoms with Crippen LogP contribution in [0.25, 0.3) is 0 Å². The Labute approximate surface area is 305 Å². The number of fused-ring (bicyclic) bond motifs is 2. The fraction of sp³-hybridized carbons (Fsp3) is 0.658. The van der Waals surface area contributed by atoms with Gasteiger partial charge in [0.15, 0.2) is 5.78 Å². The maximum absolute atomic E-state index is 14.6. The number of ether oxygens (including phenoxy) is 2. The molecule has 2 aliphatic heterocycles. The molecule has 0 bridgehead atoms. The Morgan fingerprint density at radius 1 is 1.06 bits per heavy atom. The molecule has 1 aromatic carbocycles. The van der Waals surface area contributed by atoms with Gasteiger partial charge in [0.05, 0.1) is 35.1 Å². The highest BCUT2D eigenvalue weighted by atomic mass is 32.2. The number of hydrogen-bond donors (Lipinski definition) is 2. The molecule has 4 aliphatic rings. The highest BCUT2D eigenvalue weighted by molar-refractivity contribution is 7.91. The monoisotopic (exact) mass is 745 g/mol. The number of ketones is 1. The summed E-state index contributed by atoms with van der Waals surface area (Å²) in [6, 6.07) is 3.96. The van der Waals surface area contributed by atoms with Crippen molar-refractivity contribution in [3.05, 3.63) is 42.2 Å². The number of nitrogens with one attached hydrogen (secondary N) is 2. The first-order valence-corrected chi connectivity index (χ1v) is 19.7. The minimum Gasteiger partial charge on any atom is -0.460 e. The van der Waals surface area contributed by atoms with Crippen molar-refractivity contribution in [2.45, 2.75) is 122 Å². The van der Waals surface area contributed by atoms with Gasteiger partial charge in [0.2, 0.25) is 21.8 Å². The number of benzene rings is 1. The van der Waals surface area contributed by atoms with Crippen LogP contribution in [0.1, 0.15) is 99.3 Å². The molecule has 5 rings (SSSR count). The average molecular weight is 746 g/mol. The first kappa shape index (κ1) is 39.4. The molecular formula is C38H52FN3O9S. The van der Waals surface area contributed by atoms with Crippen LogP contribution in [-0.4, -0.2) is 72.0 Å². The van der Waals surface area contributed by atoms with Crippen LogP contribution in [0.5, 0.6) is 0 Å². The molecule has 52 heavy (non-hydrogen) atoms. The lowest BCUT2D eigenvalue weighted by Crippen LogP contribution is -2.48. The van der Waals surface area contributed by atoms with E-state index < -0.39 is 79.3 Å². The Kier molecular flexibility index (Phi) is 11.3. The van der Waals surface area contributed by atoms with E-state index in [1.54, 1.807) is 27.7 Å². The maximum atomic E-state index is 14.6. The van der Waals surface area contributed by atoms with Crippen LogP contribution in [0.2, 0.25) is 0 Å². The number of Topliss-reactive ketones (excluding diaryl/α,β-unsaturated/α-hetero) is 1. The number of allylic oxidation sites excluding steroid dienone is 2. The third-order valence-electron chi connectivity index (χ3n) is 11.0. The third-order valence-corrected chi connectivity index (χ3v) is 13.1. The van der Waals surface area contributed by atoms with Crippen molar-refractivity contribution in [3.8, 4) is 0 Å². The minimum absolute atomic E-state index is 0.0695. The van der Waals surface area contributed by atoms with Crippen LogP contribution in [0.15, 0.2) is 36.4 Å². The van der Waals surface area contributed by atoms with E-state index in [4.69, 9.17) is 9.47 Å². The number of rotatable bonds is 7. The molecule has 0 unspecified atom stereocenters. The highest BCUT2D eigenvalue weighted by Gasteiger charge is 2.62. The van der Waals surface area contributed by atoms with E-state index in [0.29, 0.717) is 25.7 Å². The van der Waals surface area contributed by atoms with E-state index in [0.717, 1.165) is 6.42 Å². The van der Waals surface area contributed by atoms with Gasteiger partial charge in [-0.1, -0.05) is 26.0 Å². The molecule has 0 spiro atoms. The lowest BCUT2D eigenvalue weighted by molar-refractivity contribution is -0.160. The number of amides is 3. The molecule has 2 N–H and O–H groups in total. The standard InChI is InChI=1S/C38H52FN3O9S/c1-23-9-7-8-10-25-20-38(25,34(46)41-52(48,49)37(6)15-16-37)21-31(43)30-18-28(50-35(47)40-27-13-11-26(39)12-14-27)22-42(30)33(45)29(24(2)17-23)19-32(44)51-36(3,4)5/h8,10-14,23-25,28-30H,7,9,15-22H2,1-6H3,(H,40,47)(H,41,46)/b10-8-/t23-,24+,25+,28+,29-,30-,38+/m0/s1. The molecule has 3 fully saturated rings. The Hall–Kier alpha value is -3.81. The molecule has 0 radical (unpaired) electrons. The zero-order chi connectivity index (χ0) is 38.2. The zero-order valence-corrected chi connectivity index (χ0v) is 31.7. The maximum Gasteiger partial charge on any atom is 0.411 e. The number of nitrogens with zero attached hydrogens (tertiary/aromatic N) is 1. The smallest absolute Gasteiger partial charge is 0.411 e. The van der Waals surface area contributed by atoms with Crippen molar-refractivity contribution in [2.24, 2.45) is 29.1 Å². The number of carbonyl (C=O) groups excluding carboxylic acids is 5. The molecule has 2 heterocycles. The molecule has 14 heteroatoms. The van der Waals surface area contributed by atoms with E-state index in [9.17, 15) is 36.8 Å². The third kappa shape index (κ3) is 9.21. The molecule has 2 saturated carbocycles. The summed E-state index contributed by atoms with van der Waals surface area (Å²) in [5.41, 5.74) is -1.83. The van der Waals surface area contributed by atoms with Crippen LogP contribution in [0, 0.1) is 34.9 Å². The number of carbonyl (C=O) groups is 5. The van der Waals surface area contributed by atoms with Crippen LogP contribution in [0.3, 0.4) is 0 Å². The summed E-state index contributed by atoms with van der Waals surface area (Å²) in [7, 11) is -3.98. The van der Waals surface area contributed by atoms with Crippen LogP contribution < -0.4 is 10.0 Å². The van der Waals surface area contributed by atoms with E-state index in [-0.39, 0.29) is 55.7 Å². The number of anilines is 1. The van der Waals surface area contributed by atoms with Crippen LogP contribution in [-0.2, 0) is 38.7 Å². The Morgan fingerprint density at radius 3 is 2.37 bits per heavy atom. The Morgan fingerprint density at radius 2 is 1.73 bits per heavy atom. The summed E-state index contributed by atoms with van der Waals surface area (Å²) in [6.07, 6.45) is 4.66. The van der Waals surface area contributed by atoms with Gasteiger partial charge < -0.3 is 14.4 Å². The summed E-state index contributed by atoms with van der Waals surface area (Å²) < 4.78 is 52.2. The number of esters is 1. The molecule has 2 aliphatic carbocycles. The second kappa shape index (κ2) is 14.9. The number of sulfonamides is 1. The highest BCUT2D eigenvalue weighted by Crippen LogP contribution is 2.57. The van der Waals surface area contributed by atoms with E-state index in [2.05, 4.69) is 17.0 Å². The van der Waals surface area contributed by atoms with E-state index in [1.807, 2.05) is 19.1 Å². The fourth-order valence-corrected chi connectivity index (χ4v) is 8.81. The van der Waals surface area contributed by atoms with Gasteiger partial charge in [-0.15, -0.1) is 0 Å². The quantitative estimate of drug-likeness (QED) is 0.264. The summed E-state index contributed by atoms with van der Waals surface area (Å²) in [6.45, 7) is 10.6. The molecule has 1 saturated heterocycles. The van der Waals surface area contributed by atoms with Gasteiger partial charge in [-0.2, -0.15) is 0 Å². The van der Waals surface area contributed by atoms with Gasteiger partial charge in [0, 0.05) is 18.5 Å². The van der Waals surface area contributed by atoms with Crippen molar-refractivity contribution in [2.75, 3.05) is 11.9 Å². The molecule has 12 nitrogen and oxygen atoms in total. The zero-order valence-electron chi connectivity index (χ0n) is 30.9. The van der Waals surface area contributed by atoms with Crippen LogP contribution >= 0.6 is 0 Å². The molecule has 3 amide bonds. The normalized spacial score (nSPS) is 31.2. The first-order valence-electron chi connectivity index (χ1n) is 18.2. The number of halogens is 1. The molecule has 1 aromatic rings. The predicted molar refractivity (Wildman–Crippen MR) is 191 cm³/mol. The van der Waals surface area contributed by atoms with Gasteiger partial charge in [-0.3, -0.25) is 29.2 Å². The first-order chi connectivity index (χ1) is 24.2. The molecule has 7 atom stereocenters. The lowest BCUT2D eigenvalue weighted by Gasteiger charge is -2.32. The molecule has 286 valence electrons.